The standard InChI is InChI=1S/C56H79N15O12/c1-80-44-20-16-32(28-36(44)48(61)72)66-53(77)41(13-5-8-24-57)69-50(74)38-30-34(18-22-46(38)82-3)68-55(79)43(15-7-10-26-59)71-51(75)39-31-35(19-23-47(39)83-4)67-54(78)42(14-6-9-25-58)70-49(73)37-29-33(17-21-45(37)81-2)65-52(76)40(60)12-11-27-64-56(62)63/h16-23,28-31,40-43H,5-15,24-27,57-60H2,1-4H3,(H2,61,72)(H,65,76)(H,66,77)(H,67,78)(H,68,79)(H,69,74)(H,70,73)(H,71,75)(H4,62,63,64)/t40-,41-,42-,43-/m0/s1. The molecule has 0 unspecified atom stereocenters. The summed E-state index contributed by atoms with van der Waals surface area (Å²) in [5, 5.41) is 19.3. The summed E-state index contributed by atoms with van der Waals surface area (Å²) in [6.07, 6.45) is 4.13. The second kappa shape index (κ2) is 34.3. The van der Waals surface area contributed by atoms with E-state index < -0.39 is 71.4 Å². The van der Waals surface area contributed by atoms with Crippen LogP contribution in [0.2, 0.25) is 0 Å². The molecule has 0 spiro atoms. The molecule has 0 bridgehead atoms. The molecule has 8 amide bonds. The molecule has 0 saturated carbocycles. The lowest BCUT2D eigenvalue weighted by Gasteiger charge is -2.22. The zero-order chi connectivity index (χ0) is 61.0. The summed E-state index contributed by atoms with van der Waals surface area (Å²) >= 11 is 0. The number of aliphatic imine (C=N–C) groups is 1. The van der Waals surface area contributed by atoms with Crippen LogP contribution in [0.5, 0.6) is 23.0 Å². The van der Waals surface area contributed by atoms with Crippen molar-refractivity contribution in [1.29, 1.82) is 0 Å². The number of methoxy groups -OCH3 is 4. The first-order chi connectivity index (χ1) is 39.8. The first-order valence-electron chi connectivity index (χ1n) is 26.9. The maximum absolute atomic E-state index is 14.2. The van der Waals surface area contributed by atoms with Crippen molar-refractivity contribution in [2.75, 3.05) is 75.9 Å². The minimum Gasteiger partial charge on any atom is -0.496 e. The van der Waals surface area contributed by atoms with E-state index in [4.69, 9.17) is 59.1 Å². The highest BCUT2D eigenvalue weighted by molar-refractivity contribution is 6.07. The molecule has 0 heterocycles. The maximum Gasteiger partial charge on any atom is 0.255 e. The minimum absolute atomic E-state index is 0.00434. The minimum atomic E-state index is -1.18. The molecule has 83 heavy (non-hydrogen) atoms. The van der Waals surface area contributed by atoms with Crippen LogP contribution in [0.1, 0.15) is 112 Å². The summed E-state index contributed by atoms with van der Waals surface area (Å²) in [5.74, 6) is -4.89. The SMILES string of the molecule is COc1ccc(NC(=O)[C@H](CCCCN)NC(=O)c2cc(NC(=O)[C@H](CCCCN)NC(=O)c3cc(NC(=O)[C@H](CCCCN)NC(=O)c4cc(NC(=O)[C@@H](N)CCCN=C(N)N)ccc4OC)ccc3OC)ccc2OC)cc1C(N)=O. The van der Waals surface area contributed by atoms with Crippen LogP contribution in [0.15, 0.2) is 77.8 Å². The largest absolute Gasteiger partial charge is 0.496 e. The van der Waals surface area contributed by atoms with Crippen LogP contribution in [-0.2, 0) is 19.2 Å². The monoisotopic (exact) mass is 1150 g/mol. The first kappa shape index (κ1) is 66.5. The van der Waals surface area contributed by atoms with Crippen LogP contribution in [0.25, 0.3) is 0 Å². The molecule has 4 aromatic carbocycles. The Morgan fingerprint density at radius 2 is 0.723 bits per heavy atom. The van der Waals surface area contributed by atoms with Crippen LogP contribution in [-0.4, -0.2) is 132 Å². The van der Waals surface area contributed by atoms with Crippen LogP contribution < -0.4 is 96.3 Å². The number of nitrogens with two attached hydrogens (primary N) is 7. The number of guanidine groups is 1. The predicted octanol–water partition coefficient (Wildman–Crippen LogP) is 1.74. The zero-order valence-electron chi connectivity index (χ0n) is 47.2. The number of amides is 8. The number of hydrogen-bond acceptors (Lipinski definition) is 17. The van der Waals surface area contributed by atoms with E-state index in [2.05, 4.69) is 42.2 Å². The van der Waals surface area contributed by atoms with E-state index in [9.17, 15) is 38.4 Å². The molecule has 0 aliphatic heterocycles. The topological polar surface area (TPSA) is 452 Å². The van der Waals surface area contributed by atoms with E-state index in [1.165, 1.54) is 101 Å². The third kappa shape index (κ3) is 20.8. The fraction of sp³-hybridized carbons (Fsp3) is 0.411. The van der Waals surface area contributed by atoms with Crippen molar-refractivity contribution in [3.63, 3.8) is 0 Å². The van der Waals surface area contributed by atoms with Crippen molar-refractivity contribution >= 4 is 76.0 Å². The molecule has 4 aromatic rings. The number of hydrogen-bond donors (Lipinski definition) is 14. The molecule has 4 rings (SSSR count). The Balaban J connectivity index is 1.54. The van der Waals surface area contributed by atoms with Crippen molar-refractivity contribution < 1.29 is 57.3 Å². The van der Waals surface area contributed by atoms with Crippen molar-refractivity contribution in [2.45, 2.75) is 94.8 Å². The van der Waals surface area contributed by atoms with Gasteiger partial charge in [0.2, 0.25) is 23.6 Å². The van der Waals surface area contributed by atoms with Gasteiger partial charge in [0.25, 0.3) is 23.6 Å². The highest BCUT2D eigenvalue weighted by Gasteiger charge is 2.29. The molecule has 0 radical (unpaired) electrons. The number of nitrogens with one attached hydrogen (secondary N) is 7. The van der Waals surface area contributed by atoms with Gasteiger partial charge in [-0.25, -0.2) is 0 Å². The molecule has 0 aliphatic carbocycles. The van der Waals surface area contributed by atoms with E-state index >= 15 is 0 Å². The molecule has 0 aromatic heterocycles. The summed E-state index contributed by atoms with van der Waals surface area (Å²) in [5.41, 5.74) is 40.3. The molecule has 450 valence electrons. The second-order valence-corrected chi connectivity index (χ2v) is 19.0. The van der Waals surface area contributed by atoms with Gasteiger partial charge in [0.05, 0.1) is 56.7 Å². The van der Waals surface area contributed by atoms with E-state index in [-0.39, 0.29) is 106 Å². The third-order valence-corrected chi connectivity index (χ3v) is 12.9. The van der Waals surface area contributed by atoms with Gasteiger partial charge in [-0.15, -0.1) is 0 Å². The van der Waals surface area contributed by atoms with Gasteiger partial charge in [-0.05, 0) is 163 Å². The highest BCUT2D eigenvalue weighted by atomic mass is 16.5. The van der Waals surface area contributed by atoms with Crippen molar-refractivity contribution in [3.05, 3.63) is 95.1 Å². The smallest absolute Gasteiger partial charge is 0.255 e. The predicted molar refractivity (Wildman–Crippen MR) is 315 cm³/mol. The lowest BCUT2D eigenvalue weighted by Crippen LogP contribution is -2.44. The number of anilines is 4. The Kier molecular flexibility index (Phi) is 27.5. The van der Waals surface area contributed by atoms with Crippen molar-refractivity contribution in [2.24, 2.45) is 45.1 Å². The number of unbranched alkanes of at least 4 members (excludes halogenated alkanes) is 3. The third-order valence-electron chi connectivity index (χ3n) is 12.9. The molecule has 0 fully saturated rings. The summed E-state index contributed by atoms with van der Waals surface area (Å²) in [4.78, 5) is 113. The quantitative estimate of drug-likeness (QED) is 0.0177. The van der Waals surface area contributed by atoms with Crippen LogP contribution in [0.3, 0.4) is 0 Å². The van der Waals surface area contributed by atoms with Gasteiger partial charge in [-0.1, -0.05) is 0 Å². The number of nitrogens with zero attached hydrogens (tertiary/aromatic N) is 1. The summed E-state index contributed by atoms with van der Waals surface area (Å²) in [7, 11) is 5.42. The number of ether oxygens (including phenoxy) is 4. The van der Waals surface area contributed by atoms with Crippen LogP contribution >= 0.6 is 0 Å². The summed E-state index contributed by atoms with van der Waals surface area (Å²) < 4.78 is 21.7. The van der Waals surface area contributed by atoms with Gasteiger partial charge >= 0.3 is 0 Å². The Bertz CT molecular complexity index is 2920. The number of carbonyl (C=O) groups excluding carboxylic acids is 8. The number of benzene rings is 4. The van der Waals surface area contributed by atoms with Gasteiger partial charge in [-0.2, -0.15) is 0 Å². The summed E-state index contributed by atoms with van der Waals surface area (Å²) in [6, 6.07) is 13.0. The normalized spacial score (nSPS) is 12.2. The molecule has 0 aliphatic rings. The van der Waals surface area contributed by atoms with Crippen molar-refractivity contribution in [3.8, 4) is 23.0 Å². The van der Waals surface area contributed by atoms with Gasteiger partial charge in [0, 0.05) is 29.3 Å². The molecule has 21 N–H and O–H groups in total. The first-order valence-corrected chi connectivity index (χ1v) is 26.9. The number of primary amides is 1. The van der Waals surface area contributed by atoms with E-state index in [0.717, 1.165) is 0 Å². The zero-order valence-corrected chi connectivity index (χ0v) is 47.2. The average molecular weight is 1150 g/mol. The molecular formula is C56H79N15O12. The molecule has 27 nitrogen and oxygen atoms in total. The van der Waals surface area contributed by atoms with Gasteiger partial charge < -0.3 is 96.3 Å². The Morgan fingerprint density at radius 1 is 0.422 bits per heavy atom. The fourth-order valence-electron chi connectivity index (χ4n) is 8.43. The molecular weight excluding hydrogens is 1070 g/mol. The van der Waals surface area contributed by atoms with Crippen molar-refractivity contribution in [1.82, 2.24) is 16.0 Å². The second-order valence-electron chi connectivity index (χ2n) is 19.0. The van der Waals surface area contributed by atoms with Gasteiger partial charge in [-0.3, -0.25) is 43.3 Å². The van der Waals surface area contributed by atoms with E-state index in [1.54, 1.807) is 0 Å². The summed E-state index contributed by atoms with van der Waals surface area (Å²) in [6.45, 7) is 1.25. The van der Waals surface area contributed by atoms with Crippen LogP contribution in [0.4, 0.5) is 22.7 Å². The van der Waals surface area contributed by atoms with E-state index in [0.29, 0.717) is 64.6 Å². The average Bonchev–Trinajstić information content (AvgIpc) is 3.54. The molecule has 0 saturated heterocycles. The van der Waals surface area contributed by atoms with Crippen LogP contribution in [0, 0.1) is 0 Å². The Morgan fingerprint density at radius 3 is 1.01 bits per heavy atom. The Labute approximate surface area is 481 Å². The number of carbonyl (C=O) groups is 8. The van der Waals surface area contributed by atoms with E-state index in [1.807, 2.05) is 0 Å². The lowest BCUT2D eigenvalue weighted by molar-refractivity contribution is -0.118. The number of rotatable bonds is 35. The fourth-order valence-corrected chi connectivity index (χ4v) is 8.43. The Hall–Kier alpha value is -9.05. The molecule has 4 atom stereocenters. The van der Waals surface area contributed by atoms with Gasteiger partial charge in [0.15, 0.2) is 5.96 Å². The maximum atomic E-state index is 14.2. The lowest BCUT2D eigenvalue weighted by atomic mass is 10.1. The highest BCUT2D eigenvalue weighted by Crippen LogP contribution is 2.28. The van der Waals surface area contributed by atoms with Gasteiger partial charge in [0.1, 0.15) is 41.1 Å². The molecule has 27 heteroatoms.